The third-order valence-electron chi connectivity index (χ3n) is 3.59. The fourth-order valence-corrected chi connectivity index (χ4v) is 2.43. The van der Waals surface area contributed by atoms with Crippen LogP contribution < -0.4 is 4.90 Å². The normalized spacial score (nSPS) is 10.3. The van der Waals surface area contributed by atoms with Gasteiger partial charge in [-0.15, -0.1) is 0 Å². The van der Waals surface area contributed by atoms with Gasteiger partial charge in [-0.05, 0) is 48.9 Å². The predicted molar refractivity (Wildman–Crippen MR) is 85.7 cm³/mol. The molecule has 3 aromatic rings. The molecule has 0 aliphatic carbocycles. The standard InChI is InChI=1S/C18H15N3/c1-13-11-15-5-3-4-6-17(15)20-18(13)21(2)16-9-7-14(12-19)8-10-16/h3-11H,1-2H3. The van der Waals surface area contributed by atoms with Crippen molar-refractivity contribution in [1.29, 1.82) is 5.26 Å². The van der Waals surface area contributed by atoms with Gasteiger partial charge in [-0.2, -0.15) is 5.26 Å². The molecule has 0 spiro atoms. The molecule has 102 valence electrons. The molecule has 0 radical (unpaired) electrons. The van der Waals surface area contributed by atoms with E-state index in [4.69, 9.17) is 10.2 Å². The molecule has 1 aromatic heterocycles. The Morgan fingerprint density at radius 1 is 1.05 bits per heavy atom. The average molecular weight is 273 g/mol. The first-order valence-corrected chi connectivity index (χ1v) is 6.79. The van der Waals surface area contributed by atoms with Gasteiger partial charge < -0.3 is 4.90 Å². The lowest BCUT2D eigenvalue weighted by molar-refractivity contribution is 1.12. The highest BCUT2D eigenvalue weighted by atomic mass is 15.2. The maximum absolute atomic E-state index is 8.87. The molecule has 1 heterocycles. The molecule has 0 unspecified atom stereocenters. The van der Waals surface area contributed by atoms with Crippen LogP contribution >= 0.6 is 0 Å². The summed E-state index contributed by atoms with van der Waals surface area (Å²) < 4.78 is 0. The molecule has 0 bridgehead atoms. The number of benzene rings is 2. The average Bonchev–Trinajstić information content (AvgIpc) is 2.53. The van der Waals surface area contributed by atoms with Crippen molar-refractivity contribution in [3.63, 3.8) is 0 Å². The first-order chi connectivity index (χ1) is 10.2. The van der Waals surface area contributed by atoms with Crippen molar-refractivity contribution < 1.29 is 0 Å². The molecular weight excluding hydrogens is 258 g/mol. The number of nitriles is 1. The van der Waals surface area contributed by atoms with Gasteiger partial charge in [-0.1, -0.05) is 18.2 Å². The lowest BCUT2D eigenvalue weighted by Gasteiger charge is -2.21. The zero-order valence-corrected chi connectivity index (χ0v) is 12.0. The van der Waals surface area contributed by atoms with Crippen molar-refractivity contribution in [1.82, 2.24) is 4.98 Å². The van der Waals surface area contributed by atoms with E-state index in [9.17, 15) is 0 Å². The van der Waals surface area contributed by atoms with Crippen LogP contribution in [-0.2, 0) is 0 Å². The second kappa shape index (κ2) is 5.26. The number of aryl methyl sites for hydroxylation is 1. The van der Waals surface area contributed by atoms with Crippen LogP contribution in [0, 0.1) is 18.3 Å². The number of nitrogens with zero attached hydrogens (tertiary/aromatic N) is 3. The molecule has 21 heavy (non-hydrogen) atoms. The Labute approximate surface area is 124 Å². The van der Waals surface area contributed by atoms with E-state index in [1.54, 1.807) is 0 Å². The molecule has 0 saturated heterocycles. The molecule has 3 nitrogen and oxygen atoms in total. The molecule has 0 atom stereocenters. The van der Waals surface area contributed by atoms with Gasteiger partial charge in [-0.25, -0.2) is 4.98 Å². The van der Waals surface area contributed by atoms with Crippen LogP contribution in [0.4, 0.5) is 11.5 Å². The number of pyridine rings is 1. The molecule has 0 N–H and O–H groups in total. The van der Waals surface area contributed by atoms with Gasteiger partial charge in [-0.3, -0.25) is 0 Å². The van der Waals surface area contributed by atoms with E-state index >= 15 is 0 Å². The zero-order chi connectivity index (χ0) is 14.8. The molecule has 0 saturated carbocycles. The Bertz CT molecular complexity index is 829. The van der Waals surface area contributed by atoms with Crippen molar-refractivity contribution in [2.75, 3.05) is 11.9 Å². The minimum absolute atomic E-state index is 0.662. The summed E-state index contributed by atoms with van der Waals surface area (Å²) in [6.07, 6.45) is 0. The van der Waals surface area contributed by atoms with Crippen molar-refractivity contribution in [3.05, 3.63) is 65.7 Å². The number of para-hydroxylation sites is 1. The summed E-state index contributed by atoms with van der Waals surface area (Å²) in [4.78, 5) is 6.80. The quantitative estimate of drug-likeness (QED) is 0.703. The Morgan fingerprint density at radius 3 is 2.48 bits per heavy atom. The van der Waals surface area contributed by atoms with E-state index in [1.807, 2.05) is 54.4 Å². The fraction of sp³-hybridized carbons (Fsp3) is 0.111. The minimum atomic E-state index is 0.662. The summed E-state index contributed by atoms with van der Waals surface area (Å²) in [6, 6.07) is 19.9. The molecule has 3 rings (SSSR count). The van der Waals surface area contributed by atoms with Gasteiger partial charge in [0.25, 0.3) is 0 Å². The minimum Gasteiger partial charge on any atom is -0.329 e. The topological polar surface area (TPSA) is 39.9 Å². The molecule has 0 aliphatic heterocycles. The third-order valence-corrected chi connectivity index (χ3v) is 3.59. The van der Waals surface area contributed by atoms with E-state index < -0.39 is 0 Å². The molecule has 2 aromatic carbocycles. The maximum Gasteiger partial charge on any atom is 0.136 e. The summed E-state index contributed by atoms with van der Waals surface area (Å²) in [6.45, 7) is 2.06. The lowest BCUT2D eigenvalue weighted by Crippen LogP contribution is -2.12. The molecule has 0 aliphatic rings. The summed E-state index contributed by atoms with van der Waals surface area (Å²) in [7, 11) is 1.99. The number of hydrogen-bond donors (Lipinski definition) is 0. The maximum atomic E-state index is 8.87. The fourth-order valence-electron chi connectivity index (χ4n) is 2.43. The zero-order valence-electron chi connectivity index (χ0n) is 12.0. The van der Waals surface area contributed by atoms with E-state index in [0.29, 0.717) is 5.56 Å². The van der Waals surface area contributed by atoms with Crippen LogP contribution in [0.1, 0.15) is 11.1 Å². The molecule has 0 fully saturated rings. The summed E-state index contributed by atoms with van der Waals surface area (Å²) in [5, 5.41) is 10.0. The summed E-state index contributed by atoms with van der Waals surface area (Å²) in [5.41, 5.74) is 3.79. The second-order valence-corrected chi connectivity index (χ2v) is 5.04. The monoisotopic (exact) mass is 273 g/mol. The Hall–Kier alpha value is -2.86. The number of hydrogen-bond acceptors (Lipinski definition) is 3. The van der Waals surface area contributed by atoms with Gasteiger partial charge in [0.15, 0.2) is 0 Å². The highest BCUT2D eigenvalue weighted by Gasteiger charge is 2.10. The lowest BCUT2D eigenvalue weighted by atomic mass is 10.1. The number of rotatable bonds is 2. The SMILES string of the molecule is Cc1cc2ccccc2nc1N(C)c1ccc(C#N)cc1. The van der Waals surface area contributed by atoms with Gasteiger partial charge in [0, 0.05) is 18.1 Å². The van der Waals surface area contributed by atoms with Crippen LogP contribution in [0.25, 0.3) is 10.9 Å². The highest BCUT2D eigenvalue weighted by Crippen LogP contribution is 2.27. The van der Waals surface area contributed by atoms with Gasteiger partial charge in [0.05, 0.1) is 17.1 Å². The number of aromatic nitrogens is 1. The smallest absolute Gasteiger partial charge is 0.136 e. The van der Waals surface area contributed by atoms with Gasteiger partial charge in [0.1, 0.15) is 5.82 Å². The summed E-state index contributed by atoms with van der Waals surface area (Å²) in [5.74, 6) is 0.929. The van der Waals surface area contributed by atoms with E-state index in [0.717, 1.165) is 28.0 Å². The van der Waals surface area contributed by atoms with Crippen LogP contribution in [0.3, 0.4) is 0 Å². The first-order valence-electron chi connectivity index (χ1n) is 6.79. The van der Waals surface area contributed by atoms with Crippen molar-refractivity contribution >= 4 is 22.4 Å². The molecule has 0 amide bonds. The molecule has 3 heteroatoms. The van der Waals surface area contributed by atoms with Crippen LogP contribution in [0.2, 0.25) is 0 Å². The van der Waals surface area contributed by atoms with Gasteiger partial charge in [0.2, 0.25) is 0 Å². The van der Waals surface area contributed by atoms with Gasteiger partial charge >= 0.3 is 0 Å². The van der Waals surface area contributed by atoms with E-state index in [2.05, 4.69) is 25.1 Å². The van der Waals surface area contributed by atoms with E-state index in [1.165, 1.54) is 0 Å². The van der Waals surface area contributed by atoms with Crippen molar-refractivity contribution in [3.8, 4) is 6.07 Å². The Balaban J connectivity index is 2.06. The third kappa shape index (κ3) is 2.44. The Kier molecular flexibility index (Phi) is 3.29. The number of anilines is 2. The Morgan fingerprint density at radius 2 is 1.76 bits per heavy atom. The highest BCUT2D eigenvalue weighted by molar-refractivity contribution is 5.82. The van der Waals surface area contributed by atoms with E-state index in [-0.39, 0.29) is 0 Å². The van der Waals surface area contributed by atoms with Crippen LogP contribution in [-0.4, -0.2) is 12.0 Å². The predicted octanol–water partition coefficient (Wildman–Crippen LogP) is 4.18. The second-order valence-electron chi connectivity index (χ2n) is 5.04. The van der Waals surface area contributed by atoms with Crippen LogP contribution in [0.5, 0.6) is 0 Å². The van der Waals surface area contributed by atoms with Crippen molar-refractivity contribution in [2.45, 2.75) is 6.92 Å². The molecular formula is C18H15N3. The van der Waals surface area contributed by atoms with Crippen LogP contribution in [0.15, 0.2) is 54.6 Å². The first kappa shape index (κ1) is 13.1. The largest absolute Gasteiger partial charge is 0.329 e. The summed E-state index contributed by atoms with van der Waals surface area (Å²) >= 11 is 0. The number of fused-ring (bicyclic) bond motifs is 1. The van der Waals surface area contributed by atoms with Crippen molar-refractivity contribution in [2.24, 2.45) is 0 Å².